The van der Waals surface area contributed by atoms with Gasteiger partial charge in [0, 0.05) is 68.5 Å². The molecule has 3 heterocycles. The number of amides is 2. The van der Waals surface area contributed by atoms with E-state index in [-0.39, 0.29) is 24.1 Å². The van der Waals surface area contributed by atoms with Crippen LogP contribution in [0.4, 0.5) is 10.1 Å². The van der Waals surface area contributed by atoms with Crippen molar-refractivity contribution < 1.29 is 14.0 Å². The molecular weight excluding hydrogens is 409 g/mol. The molecule has 7 nitrogen and oxygen atoms in total. The summed E-state index contributed by atoms with van der Waals surface area (Å²) >= 11 is 0. The van der Waals surface area contributed by atoms with Crippen LogP contribution >= 0.6 is 0 Å². The molecule has 1 atom stereocenters. The number of nitrogens with zero attached hydrogens (tertiary/aromatic N) is 4. The molecule has 0 saturated carbocycles. The number of hydrogen-bond donors (Lipinski definition) is 1. The van der Waals surface area contributed by atoms with Gasteiger partial charge in [-0.05, 0) is 32.0 Å². The highest BCUT2D eigenvalue weighted by molar-refractivity contribution is 5.89. The number of aryl methyl sites for hydroxylation is 2. The van der Waals surface area contributed by atoms with Crippen LogP contribution in [0.3, 0.4) is 0 Å². The van der Waals surface area contributed by atoms with Crippen LogP contribution in [0.5, 0.6) is 0 Å². The lowest BCUT2D eigenvalue weighted by Gasteiger charge is -2.39. The maximum absolute atomic E-state index is 14.1. The SMILES string of the molecule is Cc1cc(N2CCN(C(=O)C[C@@H]3C(=O)NCCN3Cc3ccccc3F)CC2)cc(C)n1. The van der Waals surface area contributed by atoms with Crippen LogP contribution in [-0.4, -0.2) is 71.9 Å². The van der Waals surface area contributed by atoms with Gasteiger partial charge < -0.3 is 15.1 Å². The minimum absolute atomic E-state index is 0.0349. The number of nitrogens with one attached hydrogen (secondary N) is 1. The molecule has 2 aromatic rings. The maximum Gasteiger partial charge on any atom is 0.237 e. The molecule has 0 spiro atoms. The smallest absolute Gasteiger partial charge is 0.237 e. The third-order valence-corrected chi connectivity index (χ3v) is 6.20. The van der Waals surface area contributed by atoms with Crippen LogP contribution in [0.25, 0.3) is 0 Å². The molecule has 2 aliphatic heterocycles. The van der Waals surface area contributed by atoms with Crippen molar-refractivity contribution in [2.75, 3.05) is 44.2 Å². The van der Waals surface area contributed by atoms with Gasteiger partial charge >= 0.3 is 0 Å². The van der Waals surface area contributed by atoms with E-state index in [1.165, 1.54) is 6.07 Å². The zero-order valence-corrected chi connectivity index (χ0v) is 18.7. The first-order chi connectivity index (χ1) is 15.4. The van der Waals surface area contributed by atoms with Crippen molar-refractivity contribution in [2.45, 2.75) is 32.9 Å². The van der Waals surface area contributed by atoms with Crippen LogP contribution in [0.2, 0.25) is 0 Å². The molecule has 1 N–H and O–H groups in total. The number of piperazine rings is 2. The molecule has 2 amide bonds. The quantitative estimate of drug-likeness (QED) is 0.771. The van der Waals surface area contributed by atoms with Crippen LogP contribution < -0.4 is 10.2 Å². The van der Waals surface area contributed by atoms with Gasteiger partial charge in [-0.3, -0.25) is 19.5 Å². The molecule has 1 aromatic heterocycles. The van der Waals surface area contributed by atoms with Crippen molar-refractivity contribution in [1.29, 1.82) is 0 Å². The Morgan fingerprint density at radius 1 is 1.09 bits per heavy atom. The maximum atomic E-state index is 14.1. The van der Waals surface area contributed by atoms with Gasteiger partial charge in [-0.15, -0.1) is 0 Å². The van der Waals surface area contributed by atoms with Gasteiger partial charge in [-0.1, -0.05) is 18.2 Å². The summed E-state index contributed by atoms with van der Waals surface area (Å²) < 4.78 is 14.1. The van der Waals surface area contributed by atoms with Crippen molar-refractivity contribution in [3.05, 3.63) is 59.2 Å². The summed E-state index contributed by atoms with van der Waals surface area (Å²) in [6, 6.07) is 10.1. The summed E-state index contributed by atoms with van der Waals surface area (Å²) in [4.78, 5) is 36.1. The fourth-order valence-corrected chi connectivity index (χ4v) is 4.52. The number of rotatable bonds is 5. The van der Waals surface area contributed by atoms with Gasteiger partial charge in [-0.2, -0.15) is 0 Å². The average molecular weight is 440 g/mol. The highest BCUT2D eigenvalue weighted by Crippen LogP contribution is 2.20. The number of benzene rings is 1. The van der Waals surface area contributed by atoms with E-state index >= 15 is 0 Å². The molecule has 1 aromatic carbocycles. The summed E-state index contributed by atoms with van der Waals surface area (Å²) in [6.45, 7) is 8.08. The third-order valence-electron chi connectivity index (χ3n) is 6.20. The summed E-state index contributed by atoms with van der Waals surface area (Å²) in [6.07, 6.45) is 0.105. The number of carbonyl (C=O) groups excluding carboxylic acids is 2. The van der Waals surface area contributed by atoms with Crippen molar-refractivity contribution in [1.82, 2.24) is 20.1 Å². The second-order valence-electron chi connectivity index (χ2n) is 8.55. The molecule has 2 saturated heterocycles. The molecule has 0 unspecified atom stereocenters. The fourth-order valence-electron chi connectivity index (χ4n) is 4.52. The van der Waals surface area contributed by atoms with Gasteiger partial charge in [0.15, 0.2) is 0 Å². The number of carbonyl (C=O) groups is 2. The molecule has 8 heteroatoms. The standard InChI is InChI=1S/C24H30FN5O2/c1-17-13-20(14-18(2)27-17)28-9-11-29(12-10-28)23(31)15-22-24(32)26-7-8-30(22)16-19-5-3-4-6-21(19)25/h3-6,13-14,22H,7-12,15-16H2,1-2H3,(H,26,32)/t22-/m1/s1. The summed E-state index contributed by atoms with van der Waals surface area (Å²) in [5.74, 6) is -0.490. The van der Waals surface area contributed by atoms with E-state index < -0.39 is 6.04 Å². The normalized spacial score (nSPS) is 19.7. The molecule has 32 heavy (non-hydrogen) atoms. The molecule has 0 aliphatic carbocycles. The Morgan fingerprint density at radius 3 is 2.47 bits per heavy atom. The van der Waals surface area contributed by atoms with E-state index in [1.807, 2.05) is 23.6 Å². The number of aromatic nitrogens is 1. The van der Waals surface area contributed by atoms with E-state index in [0.717, 1.165) is 30.2 Å². The minimum Gasteiger partial charge on any atom is -0.368 e. The predicted octanol–water partition coefficient (Wildman–Crippen LogP) is 1.88. The Kier molecular flexibility index (Phi) is 6.69. The van der Waals surface area contributed by atoms with Crippen molar-refractivity contribution in [2.24, 2.45) is 0 Å². The second-order valence-corrected chi connectivity index (χ2v) is 8.55. The van der Waals surface area contributed by atoms with Gasteiger partial charge in [0.25, 0.3) is 0 Å². The van der Waals surface area contributed by atoms with Crippen LogP contribution in [0, 0.1) is 19.7 Å². The van der Waals surface area contributed by atoms with E-state index in [9.17, 15) is 14.0 Å². The van der Waals surface area contributed by atoms with E-state index in [1.54, 1.807) is 18.2 Å². The zero-order chi connectivity index (χ0) is 22.7. The number of pyridine rings is 1. The molecule has 2 fully saturated rings. The number of anilines is 1. The number of hydrogen-bond acceptors (Lipinski definition) is 5. The lowest BCUT2D eigenvalue weighted by atomic mass is 10.1. The van der Waals surface area contributed by atoms with Crippen molar-refractivity contribution in [3.8, 4) is 0 Å². The Morgan fingerprint density at radius 2 is 1.78 bits per heavy atom. The molecule has 0 radical (unpaired) electrons. The monoisotopic (exact) mass is 439 g/mol. The Bertz CT molecular complexity index is 970. The lowest BCUT2D eigenvalue weighted by molar-refractivity contribution is -0.139. The summed E-state index contributed by atoms with van der Waals surface area (Å²) in [5.41, 5.74) is 3.63. The predicted molar refractivity (Wildman–Crippen MR) is 121 cm³/mol. The second kappa shape index (κ2) is 9.65. The lowest BCUT2D eigenvalue weighted by Crippen LogP contribution is -2.57. The minimum atomic E-state index is -0.584. The molecule has 170 valence electrons. The van der Waals surface area contributed by atoms with Gasteiger partial charge in [-0.25, -0.2) is 4.39 Å². The van der Waals surface area contributed by atoms with E-state index in [0.29, 0.717) is 38.3 Å². The van der Waals surface area contributed by atoms with Crippen LogP contribution in [0.1, 0.15) is 23.4 Å². The van der Waals surface area contributed by atoms with Crippen molar-refractivity contribution in [3.63, 3.8) is 0 Å². The van der Waals surface area contributed by atoms with Crippen molar-refractivity contribution >= 4 is 17.5 Å². The first-order valence-electron chi connectivity index (χ1n) is 11.1. The first-order valence-corrected chi connectivity index (χ1v) is 11.1. The molecular formula is C24H30FN5O2. The molecule has 2 aliphatic rings. The van der Waals surface area contributed by atoms with Gasteiger partial charge in [0.05, 0.1) is 12.5 Å². The number of halogens is 1. The highest BCUT2D eigenvalue weighted by atomic mass is 19.1. The zero-order valence-electron chi connectivity index (χ0n) is 18.7. The topological polar surface area (TPSA) is 68.8 Å². The average Bonchev–Trinajstić information content (AvgIpc) is 2.77. The highest BCUT2D eigenvalue weighted by Gasteiger charge is 2.34. The fraction of sp³-hybridized carbons (Fsp3) is 0.458. The molecule has 4 rings (SSSR count). The summed E-state index contributed by atoms with van der Waals surface area (Å²) in [5, 5.41) is 2.85. The Balaban J connectivity index is 1.37. The van der Waals surface area contributed by atoms with Gasteiger partial charge in [0.1, 0.15) is 5.82 Å². The van der Waals surface area contributed by atoms with E-state index in [4.69, 9.17) is 0 Å². The first kappa shape index (κ1) is 22.2. The Hall–Kier alpha value is -3.00. The third kappa shape index (κ3) is 5.07. The Labute approximate surface area is 188 Å². The van der Waals surface area contributed by atoms with Crippen LogP contribution in [-0.2, 0) is 16.1 Å². The largest absolute Gasteiger partial charge is 0.368 e. The summed E-state index contributed by atoms with van der Waals surface area (Å²) in [7, 11) is 0. The van der Waals surface area contributed by atoms with Crippen LogP contribution in [0.15, 0.2) is 36.4 Å². The van der Waals surface area contributed by atoms with Gasteiger partial charge in [0.2, 0.25) is 11.8 Å². The van der Waals surface area contributed by atoms with E-state index in [2.05, 4.69) is 27.3 Å². The molecule has 0 bridgehead atoms.